The average Bonchev–Trinajstić information content (AvgIpc) is 2.72. The van der Waals surface area contributed by atoms with Gasteiger partial charge in [-0.05, 0) is 56.3 Å². The number of amides is 2. The molecule has 2 aromatic carbocycles. The lowest BCUT2D eigenvalue weighted by Gasteiger charge is -2.22. The second kappa shape index (κ2) is 9.88. The molecule has 0 radical (unpaired) electrons. The van der Waals surface area contributed by atoms with E-state index in [9.17, 15) is 9.59 Å². The van der Waals surface area contributed by atoms with Crippen LogP contribution in [0.5, 0.6) is 0 Å². The largest absolute Gasteiger partial charge is 0.355 e. The molecule has 1 atom stereocenters. The quantitative estimate of drug-likeness (QED) is 0.753. The number of hydrogen-bond acceptors (Lipinski definition) is 3. The Morgan fingerprint density at radius 2 is 1.70 bits per heavy atom. The highest BCUT2D eigenvalue weighted by Gasteiger charge is 2.12. The van der Waals surface area contributed by atoms with Gasteiger partial charge in [0, 0.05) is 30.8 Å². The minimum atomic E-state index is -0.126. The Morgan fingerprint density at radius 3 is 2.33 bits per heavy atom. The van der Waals surface area contributed by atoms with Crippen LogP contribution in [0.2, 0.25) is 0 Å². The van der Waals surface area contributed by atoms with Crippen LogP contribution >= 0.6 is 0 Å². The van der Waals surface area contributed by atoms with Gasteiger partial charge < -0.3 is 15.5 Å². The molecular weight excluding hydrogens is 338 g/mol. The molecule has 27 heavy (non-hydrogen) atoms. The van der Waals surface area contributed by atoms with Crippen LogP contribution < -0.4 is 10.6 Å². The zero-order valence-electron chi connectivity index (χ0n) is 16.6. The van der Waals surface area contributed by atoms with E-state index in [4.69, 9.17) is 0 Å². The molecule has 2 aromatic rings. The normalized spacial score (nSPS) is 11.9. The molecule has 144 valence electrons. The predicted molar refractivity (Wildman–Crippen MR) is 110 cm³/mol. The van der Waals surface area contributed by atoms with Crippen molar-refractivity contribution in [3.8, 4) is 11.1 Å². The SMILES string of the molecule is CCN(C)[C@@H](C)CCNC(=O)c1ccc(-c2ccccc2C(=O)NC)cc1. The molecule has 2 rings (SSSR count). The van der Waals surface area contributed by atoms with Crippen molar-refractivity contribution < 1.29 is 9.59 Å². The van der Waals surface area contributed by atoms with Gasteiger partial charge in [-0.25, -0.2) is 0 Å². The number of rotatable bonds is 8. The summed E-state index contributed by atoms with van der Waals surface area (Å²) in [7, 11) is 3.70. The van der Waals surface area contributed by atoms with Gasteiger partial charge in [-0.1, -0.05) is 37.3 Å². The van der Waals surface area contributed by atoms with E-state index in [0.717, 1.165) is 24.1 Å². The van der Waals surface area contributed by atoms with Crippen molar-refractivity contribution in [2.75, 3.05) is 27.2 Å². The minimum absolute atomic E-state index is 0.0764. The van der Waals surface area contributed by atoms with Crippen LogP contribution in [-0.2, 0) is 0 Å². The third-order valence-corrected chi connectivity index (χ3v) is 4.96. The molecule has 5 nitrogen and oxygen atoms in total. The molecule has 0 fully saturated rings. The summed E-state index contributed by atoms with van der Waals surface area (Å²) in [5.41, 5.74) is 2.99. The number of carbonyl (C=O) groups is 2. The van der Waals surface area contributed by atoms with Crippen LogP contribution in [0.1, 0.15) is 41.0 Å². The van der Waals surface area contributed by atoms with E-state index in [0.29, 0.717) is 23.7 Å². The summed E-state index contributed by atoms with van der Waals surface area (Å²) in [6.07, 6.45) is 0.910. The molecule has 0 heterocycles. The summed E-state index contributed by atoms with van der Waals surface area (Å²) in [5.74, 6) is -0.203. The molecule has 0 unspecified atom stereocenters. The fraction of sp³-hybridized carbons (Fsp3) is 0.364. The topological polar surface area (TPSA) is 61.4 Å². The Labute approximate surface area is 161 Å². The highest BCUT2D eigenvalue weighted by molar-refractivity contribution is 6.01. The van der Waals surface area contributed by atoms with Crippen molar-refractivity contribution >= 4 is 11.8 Å². The zero-order valence-corrected chi connectivity index (χ0v) is 16.6. The van der Waals surface area contributed by atoms with Crippen molar-refractivity contribution in [1.82, 2.24) is 15.5 Å². The van der Waals surface area contributed by atoms with Crippen molar-refractivity contribution in [3.63, 3.8) is 0 Å². The summed E-state index contributed by atoms with van der Waals surface area (Å²) in [5, 5.41) is 5.64. The third kappa shape index (κ3) is 5.41. The smallest absolute Gasteiger partial charge is 0.251 e. The fourth-order valence-corrected chi connectivity index (χ4v) is 2.90. The lowest BCUT2D eigenvalue weighted by Crippen LogP contribution is -2.33. The standard InChI is InChI=1S/C22H29N3O2/c1-5-25(4)16(2)14-15-24-21(26)18-12-10-17(11-13-18)19-8-6-7-9-20(19)22(27)23-3/h6-13,16H,5,14-15H2,1-4H3,(H,23,27)(H,24,26)/t16-/m0/s1. The van der Waals surface area contributed by atoms with Crippen molar-refractivity contribution in [2.45, 2.75) is 26.3 Å². The summed E-state index contributed by atoms with van der Waals surface area (Å²) in [4.78, 5) is 26.6. The molecule has 0 saturated heterocycles. The van der Waals surface area contributed by atoms with E-state index < -0.39 is 0 Å². The number of nitrogens with one attached hydrogen (secondary N) is 2. The van der Waals surface area contributed by atoms with Gasteiger partial charge in [0.05, 0.1) is 0 Å². The van der Waals surface area contributed by atoms with E-state index in [2.05, 4.69) is 36.4 Å². The van der Waals surface area contributed by atoms with E-state index in [1.54, 1.807) is 25.2 Å². The summed E-state index contributed by atoms with van der Waals surface area (Å²) >= 11 is 0. The van der Waals surface area contributed by atoms with Gasteiger partial charge in [0.2, 0.25) is 0 Å². The first kappa shape index (κ1) is 20.6. The summed E-state index contributed by atoms with van der Waals surface area (Å²) in [6, 6.07) is 15.2. The summed E-state index contributed by atoms with van der Waals surface area (Å²) < 4.78 is 0. The Morgan fingerprint density at radius 1 is 1.04 bits per heavy atom. The number of hydrogen-bond donors (Lipinski definition) is 2. The van der Waals surface area contributed by atoms with Crippen LogP contribution in [0.15, 0.2) is 48.5 Å². The molecular formula is C22H29N3O2. The molecule has 0 saturated carbocycles. The second-order valence-corrected chi connectivity index (χ2v) is 6.67. The van der Waals surface area contributed by atoms with E-state index in [1.165, 1.54) is 0 Å². The Bertz CT molecular complexity index is 771. The average molecular weight is 367 g/mol. The number of benzene rings is 2. The van der Waals surface area contributed by atoms with Crippen LogP contribution in [0.4, 0.5) is 0 Å². The van der Waals surface area contributed by atoms with Crippen LogP contribution in [0.3, 0.4) is 0 Å². The van der Waals surface area contributed by atoms with E-state index >= 15 is 0 Å². The first-order valence-electron chi connectivity index (χ1n) is 9.37. The number of nitrogens with zero attached hydrogens (tertiary/aromatic N) is 1. The molecule has 0 aliphatic rings. The van der Waals surface area contributed by atoms with Gasteiger partial charge in [0.15, 0.2) is 0 Å². The van der Waals surface area contributed by atoms with Gasteiger partial charge >= 0.3 is 0 Å². The molecule has 5 heteroatoms. The second-order valence-electron chi connectivity index (χ2n) is 6.67. The Hall–Kier alpha value is -2.66. The lowest BCUT2D eigenvalue weighted by molar-refractivity contribution is 0.0945. The fourth-order valence-electron chi connectivity index (χ4n) is 2.90. The maximum absolute atomic E-state index is 12.3. The van der Waals surface area contributed by atoms with Crippen molar-refractivity contribution in [3.05, 3.63) is 59.7 Å². The van der Waals surface area contributed by atoms with Gasteiger partial charge in [0.25, 0.3) is 11.8 Å². The highest BCUT2D eigenvalue weighted by Crippen LogP contribution is 2.24. The molecule has 0 spiro atoms. The molecule has 0 aliphatic heterocycles. The van der Waals surface area contributed by atoms with Crippen LogP contribution in [0, 0.1) is 0 Å². The monoisotopic (exact) mass is 367 g/mol. The maximum Gasteiger partial charge on any atom is 0.251 e. The molecule has 2 amide bonds. The Balaban J connectivity index is 2.03. The lowest BCUT2D eigenvalue weighted by atomic mass is 9.98. The van der Waals surface area contributed by atoms with Crippen LogP contribution in [0.25, 0.3) is 11.1 Å². The molecule has 0 aliphatic carbocycles. The van der Waals surface area contributed by atoms with E-state index in [-0.39, 0.29) is 11.8 Å². The third-order valence-electron chi connectivity index (χ3n) is 4.96. The summed E-state index contributed by atoms with van der Waals surface area (Å²) in [6.45, 7) is 5.92. The maximum atomic E-state index is 12.3. The van der Waals surface area contributed by atoms with Gasteiger partial charge in [0.1, 0.15) is 0 Å². The Kier molecular flexibility index (Phi) is 7.55. The first-order valence-corrected chi connectivity index (χ1v) is 9.37. The zero-order chi connectivity index (χ0) is 19.8. The van der Waals surface area contributed by atoms with E-state index in [1.807, 2.05) is 30.3 Å². The number of carbonyl (C=O) groups excluding carboxylic acids is 2. The van der Waals surface area contributed by atoms with Crippen molar-refractivity contribution in [1.29, 1.82) is 0 Å². The first-order chi connectivity index (χ1) is 13.0. The van der Waals surface area contributed by atoms with Gasteiger partial charge in [-0.15, -0.1) is 0 Å². The minimum Gasteiger partial charge on any atom is -0.355 e. The molecule has 2 N–H and O–H groups in total. The van der Waals surface area contributed by atoms with Crippen LogP contribution in [-0.4, -0.2) is 49.9 Å². The van der Waals surface area contributed by atoms with Crippen molar-refractivity contribution in [2.24, 2.45) is 0 Å². The molecule has 0 bridgehead atoms. The molecule has 0 aromatic heterocycles. The predicted octanol–water partition coefficient (Wildman–Crippen LogP) is 3.17. The van der Waals surface area contributed by atoms with Gasteiger partial charge in [-0.2, -0.15) is 0 Å². The van der Waals surface area contributed by atoms with Gasteiger partial charge in [-0.3, -0.25) is 9.59 Å². The highest BCUT2D eigenvalue weighted by atomic mass is 16.2.